The molecule has 4 aromatic rings. The Balaban J connectivity index is 1.77. The van der Waals surface area contributed by atoms with Crippen LogP contribution in [0.5, 0.6) is 0 Å². The van der Waals surface area contributed by atoms with E-state index in [9.17, 15) is 9.59 Å². The second-order valence-electron chi connectivity index (χ2n) is 10.1. The average molecular weight is 556 g/mol. The van der Waals surface area contributed by atoms with Crippen molar-refractivity contribution in [3.05, 3.63) is 60.8 Å². The Morgan fingerprint density at radius 2 is 1.78 bits per heavy atom. The number of likely N-dealkylation sites (N-methyl/N-ethyl adjacent to an activating group) is 2. The van der Waals surface area contributed by atoms with Crippen molar-refractivity contribution >= 4 is 51.4 Å². The molecule has 0 saturated carbocycles. The lowest BCUT2D eigenvalue weighted by molar-refractivity contribution is -0.116. The summed E-state index contributed by atoms with van der Waals surface area (Å²) in [5.74, 6) is -0.135. The molecule has 2 heterocycles. The van der Waals surface area contributed by atoms with E-state index in [0.29, 0.717) is 35.1 Å². The van der Waals surface area contributed by atoms with E-state index in [2.05, 4.69) is 37.3 Å². The summed E-state index contributed by atoms with van der Waals surface area (Å²) >= 11 is 0. The van der Waals surface area contributed by atoms with Crippen LogP contribution in [0.25, 0.3) is 22.3 Å². The van der Waals surface area contributed by atoms with Crippen molar-refractivity contribution in [1.29, 1.82) is 0 Å². The summed E-state index contributed by atoms with van der Waals surface area (Å²) in [6.45, 7) is 8.98. The van der Waals surface area contributed by atoms with E-state index in [1.807, 2.05) is 71.5 Å². The van der Waals surface area contributed by atoms with Gasteiger partial charge in [-0.2, -0.15) is 5.10 Å². The van der Waals surface area contributed by atoms with E-state index in [1.165, 1.54) is 6.08 Å². The fourth-order valence-corrected chi connectivity index (χ4v) is 4.36. The van der Waals surface area contributed by atoms with Gasteiger partial charge in [-0.15, -0.1) is 0 Å². The molecule has 3 N–H and O–H groups in total. The summed E-state index contributed by atoms with van der Waals surface area (Å²) in [5.41, 5.74) is 5.71. The van der Waals surface area contributed by atoms with Crippen LogP contribution in [-0.4, -0.2) is 70.7 Å². The minimum absolute atomic E-state index is 0.150. The lowest BCUT2D eigenvalue weighted by atomic mass is 10.1. The minimum atomic E-state index is -0.307. The Hall–Kier alpha value is -4.77. The van der Waals surface area contributed by atoms with Crippen LogP contribution >= 0.6 is 0 Å². The second kappa shape index (κ2) is 12.6. The Morgan fingerprint density at radius 3 is 2.49 bits per heavy atom. The van der Waals surface area contributed by atoms with E-state index in [0.717, 1.165) is 40.9 Å². The number of nitrogens with zero attached hydrogens (tertiary/aromatic N) is 6. The van der Waals surface area contributed by atoms with Crippen molar-refractivity contribution in [2.45, 2.75) is 20.3 Å². The molecule has 2 amide bonds. The molecule has 0 radical (unpaired) electrons. The van der Waals surface area contributed by atoms with E-state index in [1.54, 1.807) is 17.8 Å². The first-order valence-corrected chi connectivity index (χ1v) is 13.4. The fraction of sp³-hybridized carbons (Fsp3) is 0.300. The number of anilines is 5. The molecule has 11 heteroatoms. The number of amides is 2. The molecule has 0 unspecified atom stereocenters. The number of nitrogens with one attached hydrogen (secondary N) is 3. The van der Waals surface area contributed by atoms with Gasteiger partial charge in [-0.05, 0) is 50.9 Å². The van der Waals surface area contributed by atoms with E-state index in [-0.39, 0.29) is 11.8 Å². The van der Waals surface area contributed by atoms with Gasteiger partial charge >= 0.3 is 0 Å². The largest absolute Gasteiger partial charge is 0.372 e. The second-order valence-corrected chi connectivity index (χ2v) is 10.1. The summed E-state index contributed by atoms with van der Waals surface area (Å²) in [7, 11) is 7.90. The molecule has 41 heavy (non-hydrogen) atoms. The van der Waals surface area contributed by atoms with Gasteiger partial charge < -0.3 is 25.8 Å². The van der Waals surface area contributed by atoms with Crippen LogP contribution in [-0.2, 0) is 16.6 Å². The van der Waals surface area contributed by atoms with Crippen LogP contribution in [0.3, 0.4) is 0 Å². The maximum absolute atomic E-state index is 12.3. The van der Waals surface area contributed by atoms with Crippen LogP contribution in [0.4, 0.5) is 28.7 Å². The molecule has 214 valence electrons. The lowest BCUT2D eigenvalue weighted by Crippen LogP contribution is -2.29. The predicted molar refractivity (Wildman–Crippen MR) is 166 cm³/mol. The van der Waals surface area contributed by atoms with Crippen LogP contribution in [0.1, 0.15) is 18.9 Å². The molecule has 2 aromatic heterocycles. The molecule has 4 rings (SSSR count). The average Bonchev–Trinajstić information content (AvgIpc) is 3.29. The number of benzene rings is 2. The van der Waals surface area contributed by atoms with Gasteiger partial charge in [-0.1, -0.05) is 31.7 Å². The zero-order chi connectivity index (χ0) is 29.7. The molecular formula is C30H37N9O2. The smallest absolute Gasteiger partial charge is 0.247 e. The first-order valence-electron chi connectivity index (χ1n) is 13.4. The summed E-state index contributed by atoms with van der Waals surface area (Å²) < 4.78 is 1.79. The Bertz CT molecular complexity index is 1590. The molecule has 0 atom stereocenters. The third kappa shape index (κ3) is 6.69. The Labute approximate surface area is 240 Å². The quantitative estimate of drug-likeness (QED) is 0.231. The van der Waals surface area contributed by atoms with Crippen molar-refractivity contribution in [3.8, 4) is 11.4 Å². The third-order valence-electron chi connectivity index (χ3n) is 6.69. The van der Waals surface area contributed by atoms with Crippen LogP contribution in [0.2, 0.25) is 0 Å². The van der Waals surface area contributed by atoms with Gasteiger partial charge in [-0.25, -0.2) is 9.97 Å². The number of carbonyl (C=O) groups is 2. The number of aryl methyl sites for hydroxylation is 2. The van der Waals surface area contributed by atoms with E-state index < -0.39 is 0 Å². The highest BCUT2D eigenvalue weighted by Gasteiger charge is 2.19. The minimum Gasteiger partial charge on any atom is -0.372 e. The molecular weight excluding hydrogens is 518 g/mol. The van der Waals surface area contributed by atoms with Crippen molar-refractivity contribution < 1.29 is 9.59 Å². The Kier molecular flexibility index (Phi) is 8.98. The predicted octanol–water partition coefficient (Wildman–Crippen LogP) is 4.55. The van der Waals surface area contributed by atoms with Crippen LogP contribution in [0, 0.1) is 6.92 Å². The molecule has 2 aromatic carbocycles. The maximum Gasteiger partial charge on any atom is 0.247 e. The number of hydrogen-bond acceptors (Lipinski definition) is 8. The van der Waals surface area contributed by atoms with E-state index >= 15 is 0 Å². The van der Waals surface area contributed by atoms with Gasteiger partial charge in [0.1, 0.15) is 11.4 Å². The zero-order valence-corrected chi connectivity index (χ0v) is 24.4. The van der Waals surface area contributed by atoms with Crippen molar-refractivity contribution in [1.82, 2.24) is 24.6 Å². The molecule has 0 bridgehead atoms. The molecule has 0 fully saturated rings. The first-order chi connectivity index (χ1) is 19.6. The number of aromatic nitrogens is 4. The lowest BCUT2D eigenvalue weighted by Gasteiger charge is -2.25. The van der Waals surface area contributed by atoms with Gasteiger partial charge in [-0.3, -0.25) is 14.3 Å². The molecule has 11 nitrogen and oxygen atoms in total. The van der Waals surface area contributed by atoms with Gasteiger partial charge in [0.15, 0.2) is 0 Å². The number of para-hydroxylation sites is 1. The van der Waals surface area contributed by atoms with Gasteiger partial charge in [0.05, 0.1) is 28.8 Å². The summed E-state index contributed by atoms with van der Waals surface area (Å²) in [5, 5.41) is 14.8. The monoisotopic (exact) mass is 555 g/mol. The molecule has 0 aliphatic heterocycles. The number of rotatable bonds is 11. The maximum atomic E-state index is 12.3. The van der Waals surface area contributed by atoms with Crippen LogP contribution in [0.15, 0.2) is 55.3 Å². The first kappa shape index (κ1) is 29.2. The molecule has 0 saturated heterocycles. The highest BCUT2D eigenvalue weighted by atomic mass is 16.2. The number of fused-ring (bicyclic) bond motifs is 1. The standard InChI is InChI=1S/C30H37N9O2/c1-8-26(40)32-22-17-21(19(3)16-25(22)38(6)15-14-37(4)5)34-30-31-18-23(33-27(41)9-2)29(35-30)28-20-12-10-11-13-24(20)39(7)36-28/h8,10-13,16-18H,1,9,14-15H2,2-7H3,(H,32,40)(H,33,41)(H,31,34,35). The number of carbonyl (C=O) groups excluding carboxylic acids is 2. The molecule has 0 spiro atoms. The summed E-state index contributed by atoms with van der Waals surface area (Å²) in [6.07, 6.45) is 3.14. The summed E-state index contributed by atoms with van der Waals surface area (Å²) in [6, 6.07) is 11.7. The normalized spacial score (nSPS) is 11.0. The van der Waals surface area contributed by atoms with Crippen molar-refractivity contribution in [3.63, 3.8) is 0 Å². The van der Waals surface area contributed by atoms with Gasteiger partial charge in [0.25, 0.3) is 0 Å². The molecule has 0 aliphatic carbocycles. The van der Waals surface area contributed by atoms with Crippen LogP contribution < -0.4 is 20.9 Å². The fourth-order valence-electron chi connectivity index (χ4n) is 4.36. The van der Waals surface area contributed by atoms with Crippen molar-refractivity contribution in [2.75, 3.05) is 55.1 Å². The topological polar surface area (TPSA) is 120 Å². The highest BCUT2D eigenvalue weighted by molar-refractivity contribution is 6.02. The zero-order valence-electron chi connectivity index (χ0n) is 24.4. The van der Waals surface area contributed by atoms with Crippen molar-refractivity contribution in [2.24, 2.45) is 7.05 Å². The van der Waals surface area contributed by atoms with Gasteiger partial charge in [0.2, 0.25) is 17.8 Å². The molecule has 0 aliphatic rings. The van der Waals surface area contributed by atoms with E-state index in [4.69, 9.17) is 10.1 Å². The SMILES string of the molecule is C=CC(=O)Nc1cc(Nc2ncc(NC(=O)CC)c(-c3nn(C)c4ccccc34)n2)c(C)cc1N(C)CCN(C)C. The highest BCUT2D eigenvalue weighted by Crippen LogP contribution is 2.35. The van der Waals surface area contributed by atoms with Gasteiger partial charge in [0, 0.05) is 44.7 Å². The number of hydrogen-bond donors (Lipinski definition) is 3. The Morgan fingerprint density at radius 1 is 1.02 bits per heavy atom. The summed E-state index contributed by atoms with van der Waals surface area (Å²) in [4.78, 5) is 38.1. The third-order valence-corrected chi connectivity index (χ3v) is 6.69.